The van der Waals surface area contributed by atoms with Crippen LogP contribution in [0.2, 0.25) is 0 Å². The third kappa shape index (κ3) is 4.53. The van der Waals surface area contributed by atoms with Crippen molar-refractivity contribution in [1.82, 2.24) is 9.80 Å². The molecule has 0 saturated carbocycles. The van der Waals surface area contributed by atoms with E-state index in [0.29, 0.717) is 18.5 Å². The quantitative estimate of drug-likeness (QED) is 0.545. The summed E-state index contributed by atoms with van der Waals surface area (Å²) in [6.07, 6.45) is 4.86. The summed E-state index contributed by atoms with van der Waals surface area (Å²) in [5.74, 6) is 0.513. The number of ether oxygens (including phenoxy) is 2. The molecule has 0 N–H and O–H groups in total. The summed E-state index contributed by atoms with van der Waals surface area (Å²) in [5, 5.41) is 0. The molecule has 0 aromatic carbocycles. The number of fused-ring (bicyclic) bond motifs is 1. The van der Waals surface area contributed by atoms with Gasteiger partial charge in [-0.1, -0.05) is 19.9 Å². The first kappa shape index (κ1) is 16.5. The molecule has 0 aromatic heterocycles. The van der Waals surface area contributed by atoms with E-state index in [2.05, 4.69) is 18.7 Å². The van der Waals surface area contributed by atoms with Gasteiger partial charge < -0.3 is 14.4 Å². The predicted octanol–water partition coefficient (Wildman–Crippen LogP) is 1.15. The van der Waals surface area contributed by atoms with Gasteiger partial charge in [0.1, 0.15) is 0 Å². The number of morpholine rings is 1. The largest absolute Gasteiger partial charge is 0.385 e. The summed E-state index contributed by atoms with van der Waals surface area (Å²) in [5.41, 5.74) is 0. The molecular formula is C16H28N2O3. The number of allylic oxidation sites excluding steroid dienone is 1. The maximum Gasteiger partial charge on any atom is 0.246 e. The lowest BCUT2D eigenvalue weighted by Gasteiger charge is -2.36. The number of rotatable bonds is 6. The number of hydrogen-bond donors (Lipinski definition) is 0. The average molecular weight is 296 g/mol. The van der Waals surface area contributed by atoms with Crippen LogP contribution >= 0.6 is 0 Å². The molecule has 0 bridgehead atoms. The maximum atomic E-state index is 12.2. The van der Waals surface area contributed by atoms with Crippen LogP contribution in [0.3, 0.4) is 0 Å². The Hall–Kier alpha value is -0.910. The Morgan fingerprint density at radius 2 is 2.24 bits per heavy atom. The standard InChI is InChI=1S/C16H28N2O3/c1-13(2)5-6-16(19)18-11-14-15(12-18)21-10-8-17(14)7-4-9-20-3/h5-6,13-15H,4,7-12H2,1-3H3/b6-5+/t14-,15-/m0/s1. The molecule has 2 rings (SSSR count). The van der Waals surface area contributed by atoms with E-state index in [1.807, 2.05) is 11.0 Å². The number of nitrogens with zero attached hydrogens (tertiary/aromatic N) is 2. The Bertz CT molecular complexity index is 371. The highest BCUT2D eigenvalue weighted by Gasteiger charge is 2.40. The third-order valence-electron chi connectivity index (χ3n) is 4.15. The second-order valence-corrected chi connectivity index (χ2v) is 6.21. The first-order chi connectivity index (χ1) is 10.1. The predicted molar refractivity (Wildman–Crippen MR) is 82.2 cm³/mol. The van der Waals surface area contributed by atoms with Crippen LogP contribution in [0, 0.1) is 5.92 Å². The third-order valence-corrected chi connectivity index (χ3v) is 4.15. The Balaban J connectivity index is 1.89. The number of carbonyl (C=O) groups is 1. The van der Waals surface area contributed by atoms with Crippen LogP contribution in [-0.4, -0.2) is 74.4 Å². The van der Waals surface area contributed by atoms with Crippen molar-refractivity contribution in [2.24, 2.45) is 5.92 Å². The van der Waals surface area contributed by atoms with Crippen molar-refractivity contribution in [3.63, 3.8) is 0 Å². The van der Waals surface area contributed by atoms with Crippen molar-refractivity contribution in [3.8, 4) is 0 Å². The second-order valence-electron chi connectivity index (χ2n) is 6.21. The Morgan fingerprint density at radius 1 is 1.43 bits per heavy atom. The molecule has 2 heterocycles. The zero-order chi connectivity index (χ0) is 15.2. The number of amides is 1. The molecule has 2 saturated heterocycles. The SMILES string of the molecule is COCCCN1CCO[C@H]2CN(C(=O)/C=C/C(C)C)C[C@@H]21. The summed E-state index contributed by atoms with van der Waals surface area (Å²) in [4.78, 5) is 16.6. The molecule has 2 aliphatic heterocycles. The van der Waals surface area contributed by atoms with E-state index in [1.54, 1.807) is 13.2 Å². The van der Waals surface area contributed by atoms with E-state index >= 15 is 0 Å². The van der Waals surface area contributed by atoms with Gasteiger partial charge in [-0.2, -0.15) is 0 Å². The second kappa shape index (κ2) is 7.92. The summed E-state index contributed by atoms with van der Waals surface area (Å²) >= 11 is 0. The summed E-state index contributed by atoms with van der Waals surface area (Å²) in [6.45, 7) is 9.16. The van der Waals surface area contributed by atoms with Gasteiger partial charge in [-0.05, 0) is 18.4 Å². The van der Waals surface area contributed by atoms with Crippen LogP contribution in [0.5, 0.6) is 0 Å². The van der Waals surface area contributed by atoms with Crippen molar-refractivity contribution in [1.29, 1.82) is 0 Å². The van der Waals surface area contributed by atoms with Crippen LogP contribution in [-0.2, 0) is 14.3 Å². The van der Waals surface area contributed by atoms with Gasteiger partial charge in [0.2, 0.25) is 5.91 Å². The van der Waals surface area contributed by atoms with Crippen molar-refractivity contribution >= 4 is 5.91 Å². The summed E-state index contributed by atoms with van der Waals surface area (Å²) in [6, 6.07) is 0.340. The lowest BCUT2D eigenvalue weighted by molar-refractivity contribution is -0.125. The topological polar surface area (TPSA) is 42.0 Å². The fourth-order valence-electron chi connectivity index (χ4n) is 3.01. The number of likely N-dealkylation sites (tertiary alicyclic amines) is 1. The fourth-order valence-corrected chi connectivity index (χ4v) is 3.01. The van der Waals surface area contributed by atoms with Crippen molar-refractivity contribution in [3.05, 3.63) is 12.2 Å². The van der Waals surface area contributed by atoms with E-state index in [-0.39, 0.29) is 12.0 Å². The zero-order valence-electron chi connectivity index (χ0n) is 13.5. The molecular weight excluding hydrogens is 268 g/mol. The highest BCUT2D eigenvalue weighted by atomic mass is 16.5. The molecule has 0 unspecified atom stereocenters. The van der Waals surface area contributed by atoms with E-state index < -0.39 is 0 Å². The molecule has 0 aromatic rings. The normalized spacial score (nSPS) is 26.8. The van der Waals surface area contributed by atoms with Crippen molar-refractivity contribution in [2.75, 3.05) is 46.5 Å². The van der Waals surface area contributed by atoms with E-state index in [0.717, 1.165) is 39.3 Å². The Labute approximate surface area is 127 Å². The minimum Gasteiger partial charge on any atom is -0.385 e. The number of carbonyl (C=O) groups excluding carboxylic acids is 1. The molecule has 0 spiro atoms. The van der Waals surface area contributed by atoms with E-state index in [1.165, 1.54) is 0 Å². The van der Waals surface area contributed by atoms with Gasteiger partial charge in [0.15, 0.2) is 0 Å². The molecule has 0 radical (unpaired) electrons. The number of methoxy groups -OCH3 is 1. The molecule has 5 nitrogen and oxygen atoms in total. The van der Waals surface area contributed by atoms with Gasteiger partial charge in [-0.15, -0.1) is 0 Å². The minimum atomic E-state index is 0.110. The fraction of sp³-hybridized carbons (Fsp3) is 0.812. The van der Waals surface area contributed by atoms with Gasteiger partial charge in [0.25, 0.3) is 0 Å². The van der Waals surface area contributed by atoms with Crippen LogP contribution in [0.15, 0.2) is 12.2 Å². The van der Waals surface area contributed by atoms with Gasteiger partial charge in [0, 0.05) is 39.9 Å². The van der Waals surface area contributed by atoms with Gasteiger partial charge >= 0.3 is 0 Å². The Morgan fingerprint density at radius 3 is 2.95 bits per heavy atom. The first-order valence-corrected chi connectivity index (χ1v) is 7.93. The Kier molecular flexibility index (Phi) is 6.21. The van der Waals surface area contributed by atoms with Crippen molar-refractivity contribution in [2.45, 2.75) is 32.4 Å². The molecule has 0 aliphatic carbocycles. The highest BCUT2D eigenvalue weighted by Crippen LogP contribution is 2.23. The molecule has 2 atom stereocenters. The van der Waals surface area contributed by atoms with E-state index in [4.69, 9.17) is 9.47 Å². The highest BCUT2D eigenvalue weighted by molar-refractivity contribution is 5.87. The molecule has 2 fully saturated rings. The zero-order valence-corrected chi connectivity index (χ0v) is 13.5. The smallest absolute Gasteiger partial charge is 0.246 e. The molecule has 21 heavy (non-hydrogen) atoms. The van der Waals surface area contributed by atoms with Crippen LogP contribution in [0.25, 0.3) is 0 Å². The summed E-state index contributed by atoms with van der Waals surface area (Å²) in [7, 11) is 1.74. The maximum absolute atomic E-state index is 12.2. The average Bonchev–Trinajstić information content (AvgIpc) is 2.90. The summed E-state index contributed by atoms with van der Waals surface area (Å²) < 4.78 is 11.0. The lowest BCUT2D eigenvalue weighted by atomic mass is 10.1. The molecule has 1 amide bonds. The lowest BCUT2D eigenvalue weighted by Crippen LogP contribution is -2.51. The van der Waals surface area contributed by atoms with Crippen LogP contribution < -0.4 is 0 Å². The molecule has 120 valence electrons. The van der Waals surface area contributed by atoms with Gasteiger partial charge in [-0.3, -0.25) is 9.69 Å². The minimum absolute atomic E-state index is 0.110. The van der Waals surface area contributed by atoms with E-state index in [9.17, 15) is 4.79 Å². The van der Waals surface area contributed by atoms with Crippen LogP contribution in [0.4, 0.5) is 0 Å². The van der Waals surface area contributed by atoms with Crippen molar-refractivity contribution < 1.29 is 14.3 Å². The molecule has 2 aliphatic rings. The van der Waals surface area contributed by atoms with Crippen LogP contribution in [0.1, 0.15) is 20.3 Å². The monoisotopic (exact) mass is 296 g/mol. The molecule has 5 heteroatoms. The van der Waals surface area contributed by atoms with Gasteiger partial charge in [-0.25, -0.2) is 0 Å². The van der Waals surface area contributed by atoms with Gasteiger partial charge in [0.05, 0.1) is 18.8 Å². The number of hydrogen-bond acceptors (Lipinski definition) is 4. The first-order valence-electron chi connectivity index (χ1n) is 7.93.